The molecule has 0 atom stereocenters. The Bertz CT molecular complexity index is 688. The molecule has 0 saturated heterocycles. The molecule has 0 fully saturated rings. The zero-order valence-electron chi connectivity index (χ0n) is 11.6. The molecule has 0 aromatic heterocycles. The van der Waals surface area contributed by atoms with Crippen LogP contribution in [0.3, 0.4) is 0 Å². The van der Waals surface area contributed by atoms with Gasteiger partial charge in [0.05, 0.1) is 27.5 Å². The number of nitro benzene ring substituents is 1. The molecule has 0 aliphatic carbocycles. The van der Waals surface area contributed by atoms with Gasteiger partial charge in [-0.2, -0.15) is 5.26 Å². The second-order valence-electron chi connectivity index (χ2n) is 5.49. The van der Waals surface area contributed by atoms with Gasteiger partial charge in [-0.15, -0.1) is 0 Å². The average Bonchev–Trinajstić information content (AvgIpc) is 2.68. The summed E-state index contributed by atoms with van der Waals surface area (Å²) in [5.41, 5.74) is -0.667. The van der Waals surface area contributed by atoms with E-state index in [2.05, 4.69) is 6.07 Å². The van der Waals surface area contributed by atoms with Gasteiger partial charge in [-0.25, -0.2) is 0 Å². The van der Waals surface area contributed by atoms with E-state index < -0.39 is 22.2 Å². The number of rotatable bonds is 4. The van der Waals surface area contributed by atoms with Gasteiger partial charge >= 0.3 is 0 Å². The van der Waals surface area contributed by atoms with Gasteiger partial charge in [-0.1, -0.05) is 0 Å². The van der Waals surface area contributed by atoms with Crippen LogP contribution in [-0.2, 0) is 0 Å². The first-order chi connectivity index (χ1) is 9.76. The van der Waals surface area contributed by atoms with E-state index in [0.717, 1.165) is 11.0 Å². The fourth-order valence-electron chi connectivity index (χ4n) is 2.04. The summed E-state index contributed by atoms with van der Waals surface area (Å²) in [6.45, 7) is 3.55. The highest BCUT2D eigenvalue weighted by Gasteiger charge is 2.37. The van der Waals surface area contributed by atoms with Gasteiger partial charge in [-0.3, -0.25) is 24.6 Å². The summed E-state index contributed by atoms with van der Waals surface area (Å²) in [6, 6.07) is 5.71. The van der Waals surface area contributed by atoms with Gasteiger partial charge in [-0.05, 0) is 26.3 Å². The Hall–Kier alpha value is -2.75. The zero-order valence-corrected chi connectivity index (χ0v) is 11.6. The summed E-state index contributed by atoms with van der Waals surface area (Å²) >= 11 is 0. The first-order valence-corrected chi connectivity index (χ1v) is 6.33. The van der Waals surface area contributed by atoms with Crippen molar-refractivity contribution >= 4 is 17.5 Å². The minimum Gasteiger partial charge on any atom is -0.274 e. The number of hydrogen-bond donors (Lipinski definition) is 0. The molecule has 0 unspecified atom stereocenters. The molecule has 108 valence electrons. The number of nitro groups is 1. The Morgan fingerprint density at radius 1 is 1.29 bits per heavy atom. The second kappa shape index (κ2) is 4.98. The van der Waals surface area contributed by atoms with Crippen molar-refractivity contribution in [3.63, 3.8) is 0 Å². The van der Waals surface area contributed by atoms with E-state index in [0.29, 0.717) is 6.42 Å². The molecule has 1 aromatic rings. The fourth-order valence-corrected chi connectivity index (χ4v) is 2.04. The SMILES string of the molecule is CC(C)(C#N)CCN1C(=O)c2ccc([N+](=O)[O-])cc2C1=O. The van der Waals surface area contributed by atoms with Crippen LogP contribution in [0.2, 0.25) is 0 Å². The number of fused-ring (bicyclic) bond motifs is 1. The molecular weight excluding hydrogens is 274 g/mol. The van der Waals surface area contributed by atoms with Crippen LogP contribution in [0, 0.1) is 26.9 Å². The van der Waals surface area contributed by atoms with E-state index in [-0.39, 0.29) is 23.4 Å². The summed E-state index contributed by atoms with van der Waals surface area (Å²) in [7, 11) is 0. The standard InChI is InChI=1S/C14H13N3O4/c1-14(2,8-15)5-6-16-12(18)10-4-3-9(17(20)21)7-11(10)13(16)19/h3-4,7H,5-6H2,1-2H3. The number of non-ortho nitro benzene ring substituents is 1. The Morgan fingerprint density at radius 3 is 2.48 bits per heavy atom. The number of carbonyl (C=O) groups excluding carboxylic acids is 2. The minimum atomic E-state index is -0.651. The van der Waals surface area contributed by atoms with Crippen molar-refractivity contribution in [2.24, 2.45) is 5.41 Å². The number of benzene rings is 1. The predicted molar refractivity (Wildman–Crippen MR) is 72.5 cm³/mol. The lowest BCUT2D eigenvalue weighted by molar-refractivity contribution is -0.384. The van der Waals surface area contributed by atoms with Gasteiger partial charge in [0.25, 0.3) is 17.5 Å². The number of amides is 2. The normalized spacial score (nSPS) is 14.0. The molecule has 0 radical (unpaired) electrons. The van der Waals surface area contributed by atoms with Crippen LogP contribution in [0.1, 0.15) is 41.0 Å². The maximum Gasteiger partial charge on any atom is 0.270 e. The van der Waals surface area contributed by atoms with E-state index in [4.69, 9.17) is 5.26 Å². The van der Waals surface area contributed by atoms with Crippen LogP contribution in [0.4, 0.5) is 5.69 Å². The Labute approximate surface area is 120 Å². The lowest BCUT2D eigenvalue weighted by atomic mass is 9.91. The van der Waals surface area contributed by atoms with E-state index in [1.165, 1.54) is 12.1 Å². The molecule has 7 heteroatoms. The third-order valence-corrected chi connectivity index (χ3v) is 3.43. The Kier molecular flexibility index (Phi) is 3.47. The molecule has 1 heterocycles. The summed E-state index contributed by atoms with van der Waals surface area (Å²) in [5.74, 6) is -1.02. The monoisotopic (exact) mass is 287 g/mol. The van der Waals surface area contributed by atoms with Gasteiger partial charge in [0.15, 0.2) is 0 Å². The van der Waals surface area contributed by atoms with Crippen molar-refractivity contribution in [1.29, 1.82) is 5.26 Å². The molecule has 0 bridgehead atoms. The van der Waals surface area contributed by atoms with Crippen molar-refractivity contribution in [2.75, 3.05) is 6.54 Å². The van der Waals surface area contributed by atoms with Crippen LogP contribution in [-0.4, -0.2) is 28.2 Å². The molecule has 21 heavy (non-hydrogen) atoms. The van der Waals surface area contributed by atoms with E-state index in [1.807, 2.05) is 0 Å². The molecule has 1 aliphatic rings. The van der Waals surface area contributed by atoms with Crippen molar-refractivity contribution in [2.45, 2.75) is 20.3 Å². The van der Waals surface area contributed by atoms with Crippen molar-refractivity contribution in [3.8, 4) is 6.07 Å². The molecule has 1 aliphatic heterocycles. The van der Waals surface area contributed by atoms with Crippen LogP contribution < -0.4 is 0 Å². The van der Waals surface area contributed by atoms with Crippen LogP contribution in [0.5, 0.6) is 0 Å². The van der Waals surface area contributed by atoms with E-state index in [9.17, 15) is 19.7 Å². The number of nitriles is 1. The zero-order chi connectivity index (χ0) is 15.8. The van der Waals surface area contributed by atoms with Crippen LogP contribution in [0.25, 0.3) is 0 Å². The van der Waals surface area contributed by atoms with E-state index >= 15 is 0 Å². The molecule has 2 amide bonds. The number of imide groups is 1. The molecule has 1 aromatic carbocycles. The average molecular weight is 287 g/mol. The second-order valence-corrected chi connectivity index (χ2v) is 5.49. The van der Waals surface area contributed by atoms with Gasteiger partial charge in [0.2, 0.25) is 0 Å². The van der Waals surface area contributed by atoms with Crippen molar-refractivity contribution < 1.29 is 14.5 Å². The molecule has 2 rings (SSSR count). The molecule has 0 N–H and O–H groups in total. The smallest absolute Gasteiger partial charge is 0.270 e. The Balaban J connectivity index is 2.26. The quantitative estimate of drug-likeness (QED) is 0.479. The lowest BCUT2D eigenvalue weighted by Gasteiger charge is -2.19. The maximum absolute atomic E-state index is 12.2. The Morgan fingerprint density at radius 2 is 1.90 bits per heavy atom. The summed E-state index contributed by atoms with van der Waals surface area (Å²) in [6.07, 6.45) is 0.344. The summed E-state index contributed by atoms with van der Waals surface area (Å²) < 4.78 is 0. The number of hydrogen-bond acceptors (Lipinski definition) is 5. The van der Waals surface area contributed by atoms with Gasteiger partial charge in [0.1, 0.15) is 0 Å². The molecule has 0 saturated carbocycles. The topological polar surface area (TPSA) is 104 Å². The summed E-state index contributed by atoms with van der Waals surface area (Å²) in [4.78, 5) is 35.5. The first kappa shape index (κ1) is 14.7. The molecular formula is C14H13N3O4. The number of carbonyl (C=O) groups is 2. The highest BCUT2D eigenvalue weighted by molar-refractivity contribution is 6.21. The fraction of sp³-hybridized carbons (Fsp3) is 0.357. The van der Waals surface area contributed by atoms with Crippen LogP contribution >= 0.6 is 0 Å². The lowest BCUT2D eigenvalue weighted by Crippen LogP contribution is -2.33. The van der Waals surface area contributed by atoms with Gasteiger partial charge < -0.3 is 0 Å². The number of nitrogens with zero attached hydrogens (tertiary/aromatic N) is 3. The highest BCUT2D eigenvalue weighted by atomic mass is 16.6. The third kappa shape index (κ3) is 2.60. The van der Waals surface area contributed by atoms with Crippen molar-refractivity contribution in [3.05, 3.63) is 39.4 Å². The first-order valence-electron chi connectivity index (χ1n) is 6.33. The van der Waals surface area contributed by atoms with Crippen LogP contribution in [0.15, 0.2) is 18.2 Å². The van der Waals surface area contributed by atoms with E-state index in [1.54, 1.807) is 13.8 Å². The highest BCUT2D eigenvalue weighted by Crippen LogP contribution is 2.28. The third-order valence-electron chi connectivity index (χ3n) is 3.43. The van der Waals surface area contributed by atoms with Crippen molar-refractivity contribution in [1.82, 2.24) is 4.90 Å². The maximum atomic E-state index is 12.2. The molecule has 0 spiro atoms. The minimum absolute atomic E-state index is 0.0453. The largest absolute Gasteiger partial charge is 0.274 e. The van der Waals surface area contributed by atoms with Gasteiger partial charge in [0, 0.05) is 18.7 Å². The summed E-state index contributed by atoms with van der Waals surface area (Å²) in [5, 5.41) is 19.7. The molecule has 7 nitrogen and oxygen atoms in total. The predicted octanol–water partition coefficient (Wildman–Crippen LogP) is 2.13.